The third-order valence-electron chi connectivity index (χ3n) is 7.12. The number of amides is 1. The maximum atomic E-state index is 13.5. The molecule has 0 radical (unpaired) electrons. The summed E-state index contributed by atoms with van der Waals surface area (Å²) < 4.78 is 30.4. The van der Waals surface area contributed by atoms with Crippen molar-refractivity contribution in [1.82, 2.24) is 14.9 Å². The zero-order valence-corrected chi connectivity index (χ0v) is 23.0. The predicted octanol–water partition coefficient (Wildman–Crippen LogP) is 5.53. The number of pyridine rings is 2. The molecular formula is C32H27FN4O5. The Morgan fingerprint density at radius 3 is 2.43 bits per heavy atom. The maximum absolute atomic E-state index is 13.5. The summed E-state index contributed by atoms with van der Waals surface area (Å²) in [6.07, 6.45) is 8.51. The number of carbonyl (C=O) groups is 2. The van der Waals surface area contributed by atoms with Crippen molar-refractivity contribution in [3.05, 3.63) is 96.2 Å². The molecule has 2 aliphatic rings. The Morgan fingerprint density at radius 2 is 1.74 bits per heavy atom. The van der Waals surface area contributed by atoms with E-state index in [1.54, 1.807) is 75.2 Å². The van der Waals surface area contributed by atoms with Crippen molar-refractivity contribution in [1.29, 1.82) is 0 Å². The Labute approximate surface area is 241 Å². The SMILES string of the molecule is COc1cc2nccc(Oc3ccc(NC(=O)C4=CN(C5CC5)CC=C(c5ccc(F)cc5)C4=O)nc3)c2cc1OC. The van der Waals surface area contributed by atoms with Crippen molar-refractivity contribution < 1.29 is 28.2 Å². The number of aromatic nitrogens is 2. The van der Waals surface area contributed by atoms with Gasteiger partial charge in [-0.25, -0.2) is 9.37 Å². The molecule has 3 heterocycles. The highest BCUT2D eigenvalue weighted by molar-refractivity contribution is 6.39. The minimum Gasteiger partial charge on any atom is -0.493 e. The third kappa shape index (κ3) is 5.51. The number of Topliss-reactive ketones (excluding diaryl/α,β-unsaturated/α-hetero) is 1. The first-order chi connectivity index (χ1) is 20.4. The molecule has 212 valence electrons. The van der Waals surface area contributed by atoms with Crippen molar-refractivity contribution in [2.45, 2.75) is 18.9 Å². The normalized spacial score (nSPS) is 15.0. The Morgan fingerprint density at radius 1 is 0.976 bits per heavy atom. The van der Waals surface area contributed by atoms with Gasteiger partial charge < -0.3 is 24.4 Å². The van der Waals surface area contributed by atoms with Crippen LogP contribution in [-0.4, -0.2) is 53.4 Å². The number of halogens is 1. The second kappa shape index (κ2) is 11.3. The van der Waals surface area contributed by atoms with E-state index in [1.807, 2.05) is 4.90 Å². The van der Waals surface area contributed by atoms with Gasteiger partial charge in [0.25, 0.3) is 5.91 Å². The average molecular weight is 567 g/mol. The van der Waals surface area contributed by atoms with Crippen LogP contribution in [0.15, 0.2) is 84.8 Å². The Kier molecular flexibility index (Phi) is 7.26. The monoisotopic (exact) mass is 566 g/mol. The number of ether oxygens (including phenoxy) is 3. The van der Waals surface area contributed by atoms with E-state index < -0.39 is 17.5 Å². The molecular weight excluding hydrogens is 539 g/mol. The number of carbonyl (C=O) groups excluding carboxylic acids is 2. The van der Waals surface area contributed by atoms with E-state index in [4.69, 9.17) is 14.2 Å². The Balaban J connectivity index is 1.21. The van der Waals surface area contributed by atoms with E-state index in [1.165, 1.54) is 18.3 Å². The van der Waals surface area contributed by atoms with Crippen molar-refractivity contribution in [3.8, 4) is 23.0 Å². The lowest BCUT2D eigenvalue weighted by molar-refractivity contribution is -0.117. The highest BCUT2D eigenvalue weighted by Crippen LogP contribution is 2.37. The number of anilines is 1. The average Bonchev–Trinajstić information content (AvgIpc) is 3.86. The van der Waals surface area contributed by atoms with Crippen molar-refractivity contribution in [2.24, 2.45) is 0 Å². The van der Waals surface area contributed by atoms with Gasteiger partial charge in [-0.2, -0.15) is 0 Å². The van der Waals surface area contributed by atoms with Gasteiger partial charge in [-0.1, -0.05) is 18.2 Å². The van der Waals surface area contributed by atoms with Crippen molar-refractivity contribution in [2.75, 3.05) is 26.1 Å². The number of fused-ring (bicyclic) bond motifs is 1. The second-order valence-corrected chi connectivity index (χ2v) is 9.89. The van der Waals surface area contributed by atoms with Gasteiger partial charge in [-0.3, -0.25) is 14.6 Å². The molecule has 2 aromatic carbocycles. The smallest absolute Gasteiger partial charge is 0.262 e. The molecule has 0 spiro atoms. The zero-order valence-electron chi connectivity index (χ0n) is 23.0. The summed E-state index contributed by atoms with van der Waals surface area (Å²) in [6.45, 7) is 0.479. The van der Waals surface area contributed by atoms with Gasteiger partial charge in [0.05, 0.1) is 25.9 Å². The van der Waals surface area contributed by atoms with Gasteiger partial charge in [-0.05, 0) is 54.8 Å². The molecule has 4 aromatic rings. The number of nitrogens with zero attached hydrogens (tertiary/aromatic N) is 3. The lowest BCUT2D eigenvalue weighted by Gasteiger charge is -2.17. The number of ketones is 1. The number of benzene rings is 2. The van der Waals surface area contributed by atoms with Gasteiger partial charge in [-0.15, -0.1) is 0 Å². The van der Waals surface area contributed by atoms with Crippen LogP contribution in [0.2, 0.25) is 0 Å². The lowest BCUT2D eigenvalue weighted by Crippen LogP contribution is -2.25. The molecule has 0 unspecified atom stereocenters. The first-order valence-corrected chi connectivity index (χ1v) is 13.4. The summed E-state index contributed by atoms with van der Waals surface area (Å²) in [6, 6.07) is 14.5. The Bertz CT molecular complexity index is 1730. The topological polar surface area (TPSA) is 103 Å². The molecule has 9 nitrogen and oxygen atoms in total. The number of hydrogen-bond acceptors (Lipinski definition) is 8. The van der Waals surface area contributed by atoms with Crippen molar-refractivity contribution in [3.63, 3.8) is 0 Å². The van der Waals surface area contributed by atoms with Gasteiger partial charge >= 0.3 is 0 Å². The molecule has 1 aliphatic heterocycles. The van der Waals surface area contributed by atoms with Crippen LogP contribution < -0.4 is 19.5 Å². The molecule has 1 fully saturated rings. The standard InChI is InChI=1S/C32H27FN4O5/c1-40-28-15-24-26(16-29(28)41-2)34-13-11-27(24)42-22-9-10-30(35-17-22)36-32(39)25-18-37(21-7-8-21)14-12-23(31(25)38)19-3-5-20(33)6-4-19/h3-6,9-13,15-18,21H,7-8,14H2,1-2H3,(H,35,36,39). The molecule has 10 heteroatoms. The summed E-state index contributed by atoms with van der Waals surface area (Å²) in [5, 5.41) is 3.45. The lowest BCUT2D eigenvalue weighted by atomic mass is 9.97. The molecule has 1 N–H and O–H groups in total. The molecule has 1 amide bonds. The quantitative estimate of drug-likeness (QED) is 0.278. The molecule has 6 rings (SSSR count). The molecule has 1 aliphatic carbocycles. The van der Waals surface area contributed by atoms with Crippen LogP contribution in [0.4, 0.5) is 10.2 Å². The molecule has 1 saturated carbocycles. The molecule has 0 atom stereocenters. The fraction of sp³-hybridized carbons (Fsp3) is 0.188. The number of methoxy groups -OCH3 is 2. The van der Waals surface area contributed by atoms with Gasteiger partial charge in [0.15, 0.2) is 17.3 Å². The Hall–Kier alpha value is -5.25. The van der Waals surface area contributed by atoms with E-state index >= 15 is 0 Å². The van der Waals surface area contributed by atoms with Crippen LogP contribution in [0.3, 0.4) is 0 Å². The van der Waals surface area contributed by atoms with Gasteiger partial charge in [0, 0.05) is 42.0 Å². The first kappa shape index (κ1) is 26.9. The van der Waals surface area contributed by atoms with Crippen LogP contribution in [0, 0.1) is 5.82 Å². The highest BCUT2D eigenvalue weighted by Gasteiger charge is 2.32. The van der Waals surface area contributed by atoms with E-state index in [0.29, 0.717) is 46.2 Å². The summed E-state index contributed by atoms with van der Waals surface area (Å²) in [4.78, 5) is 37.6. The fourth-order valence-corrected chi connectivity index (χ4v) is 4.77. The molecule has 0 bridgehead atoms. The van der Waals surface area contributed by atoms with Gasteiger partial charge in [0.2, 0.25) is 0 Å². The minimum absolute atomic E-state index is 0.00951. The van der Waals surface area contributed by atoms with E-state index in [-0.39, 0.29) is 17.4 Å². The zero-order chi connectivity index (χ0) is 29.2. The summed E-state index contributed by atoms with van der Waals surface area (Å²) in [5.41, 5.74) is 1.56. The number of hydrogen-bond donors (Lipinski definition) is 1. The fourth-order valence-electron chi connectivity index (χ4n) is 4.77. The maximum Gasteiger partial charge on any atom is 0.262 e. The highest BCUT2D eigenvalue weighted by atomic mass is 19.1. The molecule has 0 saturated heterocycles. The summed E-state index contributed by atoms with van der Waals surface area (Å²) in [7, 11) is 3.11. The van der Waals surface area contributed by atoms with E-state index in [9.17, 15) is 14.0 Å². The van der Waals surface area contributed by atoms with Gasteiger partial charge in [0.1, 0.15) is 28.7 Å². The third-order valence-corrected chi connectivity index (χ3v) is 7.12. The summed E-state index contributed by atoms with van der Waals surface area (Å²) >= 11 is 0. The van der Waals surface area contributed by atoms with Crippen LogP contribution in [0.5, 0.6) is 23.0 Å². The van der Waals surface area contributed by atoms with Crippen LogP contribution in [-0.2, 0) is 9.59 Å². The molecule has 2 aromatic heterocycles. The number of nitrogens with one attached hydrogen (secondary N) is 1. The summed E-state index contributed by atoms with van der Waals surface area (Å²) in [5.74, 6) is 0.904. The largest absolute Gasteiger partial charge is 0.493 e. The van der Waals surface area contributed by atoms with E-state index in [0.717, 1.165) is 18.2 Å². The predicted molar refractivity (Wildman–Crippen MR) is 155 cm³/mol. The minimum atomic E-state index is -0.581. The van der Waals surface area contributed by atoms with Crippen LogP contribution in [0.25, 0.3) is 16.5 Å². The first-order valence-electron chi connectivity index (χ1n) is 13.4. The second-order valence-electron chi connectivity index (χ2n) is 9.89. The number of rotatable bonds is 8. The van der Waals surface area contributed by atoms with Crippen LogP contribution in [0.1, 0.15) is 18.4 Å². The van der Waals surface area contributed by atoms with E-state index in [2.05, 4.69) is 15.3 Å². The van der Waals surface area contributed by atoms with Crippen LogP contribution >= 0.6 is 0 Å². The van der Waals surface area contributed by atoms with Crippen molar-refractivity contribution >= 4 is 34.0 Å². The molecule has 42 heavy (non-hydrogen) atoms. The number of allylic oxidation sites excluding steroid dienone is 1.